The summed E-state index contributed by atoms with van der Waals surface area (Å²) in [4.78, 5) is 20.0. The first-order valence-corrected chi connectivity index (χ1v) is 10.4. The van der Waals surface area contributed by atoms with Crippen molar-refractivity contribution in [2.75, 3.05) is 14.1 Å². The Morgan fingerprint density at radius 3 is 2.45 bits per heavy atom. The van der Waals surface area contributed by atoms with Crippen LogP contribution in [0.3, 0.4) is 0 Å². The van der Waals surface area contributed by atoms with Crippen LogP contribution in [0, 0.1) is 13.8 Å². The number of benzene rings is 2. The van der Waals surface area contributed by atoms with Crippen LogP contribution in [-0.2, 0) is 19.7 Å². The maximum absolute atomic E-state index is 12.7. The van der Waals surface area contributed by atoms with Crippen LogP contribution in [0.1, 0.15) is 37.1 Å². The molecule has 3 aromatic rings. The molecule has 0 aliphatic heterocycles. The number of hydrogen-bond acceptors (Lipinski definition) is 5. The summed E-state index contributed by atoms with van der Waals surface area (Å²) in [5.41, 5.74) is 4.26. The van der Waals surface area contributed by atoms with Gasteiger partial charge in [-0.05, 0) is 51.2 Å². The SMILES string of the molecule is Cc1ccc(OCc2nc(C)c(C(=O)NCc3ccccc3CN(C)C)s2)cc1. The monoisotopic (exact) mass is 409 g/mol. The van der Waals surface area contributed by atoms with Crippen molar-refractivity contribution in [3.63, 3.8) is 0 Å². The van der Waals surface area contributed by atoms with Gasteiger partial charge in [0.1, 0.15) is 22.2 Å². The minimum atomic E-state index is -0.0961. The summed E-state index contributed by atoms with van der Waals surface area (Å²) in [5.74, 6) is 0.702. The molecule has 1 aromatic heterocycles. The topological polar surface area (TPSA) is 54.5 Å². The van der Waals surface area contributed by atoms with Crippen molar-refractivity contribution in [3.8, 4) is 5.75 Å². The lowest BCUT2D eigenvalue weighted by Crippen LogP contribution is -2.24. The largest absolute Gasteiger partial charge is 0.486 e. The zero-order valence-electron chi connectivity index (χ0n) is 17.4. The molecular weight excluding hydrogens is 382 g/mol. The third-order valence-electron chi connectivity index (χ3n) is 4.47. The third kappa shape index (κ3) is 5.89. The Kier molecular flexibility index (Phi) is 7.01. The first-order valence-electron chi connectivity index (χ1n) is 9.58. The van der Waals surface area contributed by atoms with Crippen LogP contribution in [0.5, 0.6) is 5.75 Å². The zero-order valence-corrected chi connectivity index (χ0v) is 18.2. The molecule has 0 spiro atoms. The van der Waals surface area contributed by atoms with Gasteiger partial charge in [0.05, 0.1) is 5.69 Å². The molecule has 1 N–H and O–H groups in total. The van der Waals surface area contributed by atoms with Crippen LogP contribution < -0.4 is 10.1 Å². The van der Waals surface area contributed by atoms with E-state index in [9.17, 15) is 4.79 Å². The second-order valence-corrected chi connectivity index (χ2v) is 8.40. The third-order valence-corrected chi connectivity index (χ3v) is 5.60. The fraction of sp³-hybridized carbons (Fsp3) is 0.304. The molecule has 6 heteroatoms. The van der Waals surface area contributed by atoms with E-state index < -0.39 is 0 Å². The van der Waals surface area contributed by atoms with Gasteiger partial charge in [-0.25, -0.2) is 4.98 Å². The fourth-order valence-electron chi connectivity index (χ4n) is 2.98. The molecule has 0 bridgehead atoms. The predicted octanol–water partition coefficient (Wildman–Crippen LogP) is 4.33. The number of nitrogens with one attached hydrogen (secondary N) is 1. The molecule has 0 radical (unpaired) electrons. The van der Waals surface area contributed by atoms with E-state index in [0.29, 0.717) is 18.0 Å². The highest BCUT2D eigenvalue weighted by atomic mass is 32.1. The summed E-state index contributed by atoms with van der Waals surface area (Å²) in [5, 5.41) is 3.83. The van der Waals surface area contributed by atoms with E-state index in [1.807, 2.05) is 64.3 Å². The Morgan fingerprint density at radius 2 is 1.76 bits per heavy atom. The molecular formula is C23H27N3O2S. The average Bonchev–Trinajstić information content (AvgIpc) is 3.07. The van der Waals surface area contributed by atoms with Crippen molar-refractivity contribution in [1.82, 2.24) is 15.2 Å². The molecule has 2 aromatic carbocycles. The van der Waals surface area contributed by atoms with E-state index in [-0.39, 0.29) is 5.91 Å². The predicted molar refractivity (Wildman–Crippen MR) is 117 cm³/mol. The van der Waals surface area contributed by atoms with E-state index in [1.165, 1.54) is 22.5 Å². The number of hydrogen-bond donors (Lipinski definition) is 1. The first-order chi connectivity index (χ1) is 13.9. The van der Waals surface area contributed by atoms with Crippen LogP contribution in [0.4, 0.5) is 0 Å². The lowest BCUT2D eigenvalue weighted by atomic mass is 10.1. The molecule has 0 saturated heterocycles. The highest BCUT2D eigenvalue weighted by molar-refractivity contribution is 7.13. The molecule has 1 heterocycles. The van der Waals surface area contributed by atoms with Gasteiger partial charge in [-0.15, -0.1) is 11.3 Å². The molecule has 0 aliphatic rings. The Bertz CT molecular complexity index is 965. The summed E-state index contributed by atoms with van der Waals surface area (Å²) in [7, 11) is 4.08. The number of amides is 1. The average molecular weight is 410 g/mol. The number of aromatic nitrogens is 1. The van der Waals surface area contributed by atoms with Crippen molar-refractivity contribution >= 4 is 17.2 Å². The number of carbonyl (C=O) groups is 1. The van der Waals surface area contributed by atoms with E-state index in [1.54, 1.807) is 0 Å². The second-order valence-electron chi connectivity index (χ2n) is 7.31. The maximum atomic E-state index is 12.7. The van der Waals surface area contributed by atoms with Crippen LogP contribution in [0.15, 0.2) is 48.5 Å². The highest BCUT2D eigenvalue weighted by Crippen LogP contribution is 2.21. The van der Waals surface area contributed by atoms with Gasteiger partial charge in [-0.1, -0.05) is 42.0 Å². The molecule has 0 atom stereocenters. The normalized spacial score (nSPS) is 10.9. The van der Waals surface area contributed by atoms with Crippen LogP contribution in [-0.4, -0.2) is 29.9 Å². The van der Waals surface area contributed by atoms with E-state index in [4.69, 9.17) is 4.74 Å². The van der Waals surface area contributed by atoms with Crippen molar-refractivity contribution in [3.05, 3.63) is 80.8 Å². The van der Waals surface area contributed by atoms with E-state index >= 15 is 0 Å². The number of thiazole rings is 1. The van der Waals surface area contributed by atoms with Gasteiger partial charge in [0.2, 0.25) is 0 Å². The number of aryl methyl sites for hydroxylation is 2. The van der Waals surface area contributed by atoms with Gasteiger partial charge >= 0.3 is 0 Å². The van der Waals surface area contributed by atoms with Crippen molar-refractivity contribution in [2.45, 2.75) is 33.5 Å². The van der Waals surface area contributed by atoms with Crippen LogP contribution >= 0.6 is 11.3 Å². The lowest BCUT2D eigenvalue weighted by Gasteiger charge is -2.14. The van der Waals surface area contributed by atoms with Gasteiger partial charge in [0, 0.05) is 13.1 Å². The first kappa shape index (κ1) is 21.0. The lowest BCUT2D eigenvalue weighted by molar-refractivity contribution is 0.0954. The number of carbonyl (C=O) groups excluding carboxylic acids is 1. The summed E-state index contributed by atoms with van der Waals surface area (Å²) in [6.07, 6.45) is 0. The fourth-order valence-corrected chi connectivity index (χ4v) is 3.88. The Labute approximate surface area is 176 Å². The van der Waals surface area contributed by atoms with Gasteiger partial charge in [-0.2, -0.15) is 0 Å². The second kappa shape index (κ2) is 9.67. The Morgan fingerprint density at radius 1 is 1.07 bits per heavy atom. The Balaban J connectivity index is 1.61. The van der Waals surface area contributed by atoms with Crippen molar-refractivity contribution in [2.24, 2.45) is 0 Å². The van der Waals surface area contributed by atoms with Gasteiger partial charge in [0.25, 0.3) is 5.91 Å². The van der Waals surface area contributed by atoms with Crippen LogP contribution in [0.2, 0.25) is 0 Å². The van der Waals surface area contributed by atoms with E-state index in [0.717, 1.165) is 28.6 Å². The van der Waals surface area contributed by atoms with E-state index in [2.05, 4.69) is 27.3 Å². The minimum absolute atomic E-state index is 0.0961. The summed E-state index contributed by atoms with van der Waals surface area (Å²) in [6.45, 7) is 5.59. The molecule has 152 valence electrons. The van der Waals surface area contributed by atoms with Gasteiger partial charge in [-0.3, -0.25) is 4.79 Å². The molecule has 3 rings (SSSR count). The van der Waals surface area contributed by atoms with Gasteiger partial charge < -0.3 is 15.0 Å². The zero-order chi connectivity index (χ0) is 20.8. The summed E-state index contributed by atoms with van der Waals surface area (Å²) < 4.78 is 5.79. The van der Waals surface area contributed by atoms with Gasteiger partial charge in [0.15, 0.2) is 0 Å². The maximum Gasteiger partial charge on any atom is 0.263 e. The Hall–Kier alpha value is -2.70. The molecule has 0 aliphatic carbocycles. The molecule has 0 unspecified atom stereocenters. The summed E-state index contributed by atoms with van der Waals surface area (Å²) in [6, 6.07) is 16.1. The molecule has 1 amide bonds. The smallest absolute Gasteiger partial charge is 0.263 e. The van der Waals surface area contributed by atoms with Crippen LogP contribution in [0.25, 0.3) is 0 Å². The number of rotatable bonds is 8. The summed E-state index contributed by atoms with van der Waals surface area (Å²) >= 11 is 1.38. The quantitative estimate of drug-likeness (QED) is 0.602. The number of ether oxygens (including phenoxy) is 1. The highest BCUT2D eigenvalue weighted by Gasteiger charge is 2.16. The standard InChI is InChI=1S/C23H27N3O2S/c1-16-9-11-20(12-10-16)28-15-21-25-17(2)22(29-21)23(27)24-13-18-7-5-6-8-19(18)14-26(3)4/h5-12H,13-15H2,1-4H3,(H,24,27). The molecule has 29 heavy (non-hydrogen) atoms. The molecule has 5 nitrogen and oxygen atoms in total. The minimum Gasteiger partial charge on any atom is -0.486 e. The number of nitrogens with zero attached hydrogens (tertiary/aromatic N) is 2. The molecule has 0 saturated carbocycles. The van der Waals surface area contributed by atoms with Crippen molar-refractivity contribution < 1.29 is 9.53 Å². The molecule has 0 fully saturated rings. The van der Waals surface area contributed by atoms with Crippen molar-refractivity contribution in [1.29, 1.82) is 0 Å².